The molecule has 1 atom stereocenters. The minimum absolute atomic E-state index is 0.0120. The lowest BCUT2D eigenvalue weighted by atomic mass is 10.1. The molecule has 31 heavy (non-hydrogen) atoms. The number of benzene rings is 1. The van der Waals surface area contributed by atoms with Crippen LogP contribution >= 0.6 is 27.5 Å². The number of nitrogens with zero attached hydrogens (tertiary/aromatic N) is 3. The molecule has 1 fully saturated rings. The van der Waals surface area contributed by atoms with E-state index in [0.29, 0.717) is 4.47 Å². The molecule has 1 aliphatic rings. The summed E-state index contributed by atoms with van der Waals surface area (Å²) in [7, 11) is 1.43. The summed E-state index contributed by atoms with van der Waals surface area (Å²) in [6.07, 6.45) is -4.58. The van der Waals surface area contributed by atoms with Crippen LogP contribution in [0.25, 0.3) is 0 Å². The first kappa shape index (κ1) is 23.6. The number of halogens is 5. The number of ether oxygens (including phenoxy) is 1. The quantitative estimate of drug-likeness (QED) is 0.602. The van der Waals surface area contributed by atoms with E-state index in [9.17, 15) is 18.0 Å². The van der Waals surface area contributed by atoms with Gasteiger partial charge in [-0.25, -0.2) is 10.9 Å². The lowest BCUT2D eigenvalue weighted by Crippen LogP contribution is -2.57. The van der Waals surface area contributed by atoms with Gasteiger partial charge in [0.15, 0.2) is 0 Å². The van der Waals surface area contributed by atoms with Crippen molar-refractivity contribution in [2.45, 2.75) is 12.2 Å². The molecule has 1 amide bonds. The largest absolute Gasteiger partial charge is 0.480 e. The highest BCUT2D eigenvalue weighted by Crippen LogP contribution is 2.39. The van der Waals surface area contributed by atoms with Crippen LogP contribution in [0, 0.1) is 0 Å². The molecule has 1 aromatic heterocycles. The summed E-state index contributed by atoms with van der Waals surface area (Å²) in [4.78, 5) is 25.0. The van der Waals surface area contributed by atoms with E-state index in [1.165, 1.54) is 30.2 Å². The number of nitrogens with two attached hydrogens (primary N) is 1. The Morgan fingerprint density at radius 3 is 2.71 bits per heavy atom. The third kappa shape index (κ3) is 5.22. The van der Waals surface area contributed by atoms with Gasteiger partial charge in [0, 0.05) is 30.3 Å². The van der Waals surface area contributed by atoms with Gasteiger partial charge in [-0.3, -0.25) is 4.79 Å². The summed E-state index contributed by atoms with van der Waals surface area (Å²) in [6, 6.07) is 6.18. The third-order valence-electron chi connectivity index (χ3n) is 4.86. The van der Waals surface area contributed by atoms with Gasteiger partial charge in [-0.05, 0) is 46.3 Å². The molecule has 0 bridgehead atoms. The van der Waals surface area contributed by atoms with E-state index < -0.39 is 23.7 Å². The molecule has 0 saturated carbocycles. The highest BCUT2D eigenvalue weighted by molar-refractivity contribution is 9.10. The van der Waals surface area contributed by atoms with E-state index in [2.05, 4.69) is 20.9 Å². The number of rotatable bonds is 5. The Kier molecular flexibility index (Phi) is 7.30. The Hall–Kier alpha value is -2.08. The van der Waals surface area contributed by atoms with Crippen LogP contribution in [0.5, 0.6) is 5.88 Å². The number of amides is 1. The van der Waals surface area contributed by atoms with Crippen LogP contribution in [-0.2, 0) is 11.0 Å². The fourth-order valence-corrected chi connectivity index (χ4v) is 3.99. The first-order valence-electron chi connectivity index (χ1n) is 9.10. The molecular weight excluding hydrogens is 505 g/mol. The van der Waals surface area contributed by atoms with Crippen molar-refractivity contribution in [3.05, 3.63) is 51.1 Å². The van der Waals surface area contributed by atoms with Gasteiger partial charge >= 0.3 is 6.18 Å². The summed E-state index contributed by atoms with van der Waals surface area (Å²) < 4.78 is 46.3. The Morgan fingerprint density at radius 2 is 2.06 bits per heavy atom. The van der Waals surface area contributed by atoms with E-state index in [0.717, 1.165) is 6.07 Å². The molecule has 2 N–H and O–H groups in total. The van der Waals surface area contributed by atoms with Crippen molar-refractivity contribution in [1.29, 1.82) is 0 Å². The van der Waals surface area contributed by atoms with Gasteiger partial charge < -0.3 is 19.4 Å². The van der Waals surface area contributed by atoms with E-state index in [1.54, 1.807) is 11.0 Å². The summed E-state index contributed by atoms with van der Waals surface area (Å²) >= 11 is 9.06. The van der Waals surface area contributed by atoms with Gasteiger partial charge in [-0.2, -0.15) is 13.2 Å². The zero-order valence-corrected chi connectivity index (χ0v) is 18.7. The normalized spacial score (nSPS) is 17.1. The SMILES string of the molecule is COc1nc(C(=O)N2CCN(c3ccc(Cl)cc3C(F)(F)F)CC2CON)ccc1Br. The fourth-order valence-electron chi connectivity index (χ4n) is 3.44. The number of carbonyl (C=O) groups excluding carboxylic acids is 1. The number of aromatic nitrogens is 1. The van der Waals surface area contributed by atoms with Crippen molar-refractivity contribution in [2.24, 2.45) is 5.90 Å². The lowest BCUT2D eigenvalue weighted by Gasteiger charge is -2.42. The van der Waals surface area contributed by atoms with Gasteiger partial charge in [0.25, 0.3) is 5.91 Å². The number of hydrogen-bond donors (Lipinski definition) is 1. The van der Waals surface area contributed by atoms with Crippen molar-refractivity contribution in [3.8, 4) is 5.88 Å². The number of alkyl halides is 3. The Bertz CT molecular complexity index is 963. The number of piperazine rings is 1. The molecule has 0 aliphatic carbocycles. The molecule has 2 heterocycles. The van der Waals surface area contributed by atoms with Crippen molar-refractivity contribution in [3.63, 3.8) is 0 Å². The second-order valence-electron chi connectivity index (χ2n) is 6.78. The van der Waals surface area contributed by atoms with Gasteiger partial charge in [-0.15, -0.1) is 0 Å². The van der Waals surface area contributed by atoms with Crippen molar-refractivity contribution < 1.29 is 27.5 Å². The van der Waals surface area contributed by atoms with E-state index in [4.69, 9.17) is 27.1 Å². The van der Waals surface area contributed by atoms with Crippen LogP contribution in [-0.4, -0.2) is 55.2 Å². The molecule has 1 aliphatic heterocycles. The lowest BCUT2D eigenvalue weighted by molar-refractivity contribution is -0.137. The summed E-state index contributed by atoms with van der Waals surface area (Å²) in [6.45, 7) is 0.337. The molecular formula is C19H19BrClF3N4O3. The predicted octanol–water partition coefficient (Wildman–Crippen LogP) is 3.75. The van der Waals surface area contributed by atoms with Gasteiger partial charge in [0.2, 0.25) is 5.88 Å². The zero-order chi connectivity index (χ0) is 22.8. The maximum absolute atomic E-state index is 13.5. The van der Waals surface area contributed by atoms with Crippen LogP contribution < -0.4 is 15.5 Å². The number of anilines is 1. The molecule has 0 radical (unpaired) electrons. The second-order valence-corrected chi connectivity index (χ2v) is 8.07. The maximum atomic E-state index is 13.5. The van der Waals surface area contributed by atoms with Crippen LogP contribution in [0.1, 0.15) is 16.1 Å². The first-order valence-corrected chi connectivity index (χ1v) is 10.3. The van der Waals surface area contributed by atoms with Crippen molar-refractivity contribution in [2.75, 3.05) is 38.3 Å². The maximum Gasteiger partial charge on any atom is 0.418 e. The Labute approximate surface area is 189 Å². The zero-order valence-electron chi connectivity index (χ0n) is 16.3. The van der Waals surface area contributed by atoms with Crippen molar-refractivity contribution in [1.82, 2.24) is 9.88 Å². The molecule has 1 aromatic carbocycles. The molecule has 12 heteroatoms. The molecule has 0 spiro atoms. The van der Waals surface area contributed by atoms with Crippen LogP contribution in [0.15, 0.2) is 34.8 Å². The molecule has 7 nitrogen and oxygen atoms in total. The molecule has 3 rings (SSSR count). The van der Waals surface area contributed by atoms with Crippen LogP contribution in [0.2, 0.25) is 5.02 Å². The number of methoxy groups -OCH3 is 1. The highest BCUT2D eigenvalue weighted by Gasteiger charge is 2.38. The number of carbonyl (C=O) groups is 1. The van der Waals surface area contributed by atoms with Gasteiger partial charge in [-0.1, -0.05) is 11.6 Å². The van der Waals surface area contributed by atoms with E-state index >= 15 is 0 Å². The molecule has 168 valence electrons. The summed E-state index contributed by atoms with van der Waals surface area (Å²) in [5.41, 5.74) is -0.723. The highest BCUT2D eigenvalue weighted by atomic mass is 79.9. The fraction of sp³-hybridized carbons (Fsp3) is 0.368. The van der Waals surface area contributed by atoms with Gasteiger partial charge in [0.05, 0.1) is 29.8 Å². The smallest absolute Gasteiger partial charge is 0.418 e. The Morgan fingerprint density at radius 1 is 1.32 bits per heavy atom. The average molecular weight is 524 g/mol. The molecule has 1 saturated heterocycles. The summed E-state index contributed by atoms with van der Waals surface area (Å²) in [5, 5.41) is -0.0120. The minimum atomic E-state index is -4.58. The van der Waals surface area contributed by atoms with Crippen LogP contribution in [0.3, 0.4) is 0 Å². The van der Waals surface area contributed by atoms with E-state index in [1.807, 2.05) is 0 Å². The molecule has 2 aromatic rings. The van der Waals surface area contributed by atoms with Crippen LogP contribution in [0.4, 0.5) is 18.9 Å². The average Bonchev–Trinajstić information content (AvgIpc) is 2.73. The van der Waals surface area contributed by atoms with E-state index in [-0.39, 0.29) is 48.5 Å². The second kappa shape index (κ2) is 9.60. The molecule has 1 unspecified atom stereocenters. The third-order valence-corrected chi connectivity index (χ3v) is 5.70. The van der Waals surface area contributed by atoms with Gasteiger partial charge in [0.1, 0.15) is 5.69 Å². The Balaban J connectivity index is 1.87. The summed E-state index contributed by atoms with van der Waals surface area (Å²) in [5.74, 6) is 5.07. The van der Waals surface area contributed by atoms with Crippen molar-refractivity contribution >= 4 is 39.1 Å². The standard InChI is InChI=1S/C19H19BrClF3N4O3/c1-30-17-14(20)3-4-15(26-17)18(29)28-7-6-27(9-12(28)10-31-25)16-5-2-11(21)8-13(16)19(22,23)24/h2-5,8,12H,6-7,9-10,25H2,1H3. The topological polar surface area (TPSA) is 80.9 Å². The minimum Gasteiger partial charge on any atom is -0.480 e. The number of pyridine rings is 1. The first-order chi connectivity index (χ1) is 14.7. The number of hydrogen-bond acceptors (Lipinski definition) is 6. The predicted molar refractivity (Wildman–Crippen MR) is 112 cm³/mol. The monoisotopic (exact) mass is 522 g/mol.